The third-order valence-electron chi connectivity index (χ3n) is 4.01. The van der Waals surface area contributed by atoms with Crippen LogP contribution in [0.2, 0.25) is 0 Å². The number of H-pyrrole nitrogens is 1. The van der Waals surface area contributed by atoms with Crippen LogP contribution in [-0.2, 0) is 0 Å². The van der Waals surface area contributed by atoms with Crippen LogP contribution in [0.15, 0.2) is 0 Å². The highest BCUT2D eigenvalue weighted by Crippen LogP contribution is 2.37. The summed E-state index contributed by atoms with van der Waals surface area (Å²) in [5, 5.41) is 6.65. The van der Waals surface area contributed by atoms with Gasteiger partial charge in [-0.1, -0.05) is 13.8 Å². The van der Waals surface area contributed by atoms with Crippen LogP contribution in [-0.4, -0.2) is 39.1 Å². The Balaban J connectivity index is 2.08. The number of nitrogens with zero attached hydrogens (tertiary/aromatic N) is 3. The van der Waals surface area contributed by atoms with Gasteiger partial charge in [-0.3, -0.25) is 9.89 Å². The highest BCUT2D eigenvalue weighted by atomic mass is 16.2. The van der Waals surface area contributed by atoms with Crippen molar-refractivity contribution in [3.63, 3.8) is 0 Å². The summed E-state index contributed by atoms with van der Waals surface area (Å²) in [7, 11) is 0. The first-order chi connectivity index (χ1) is 8.10. The molecule has 5 heteroatoms. The van der Waals surface area contributed by atoms with Crippen molar-refractivity contribution in [1.82, 2.24) is 20.1 Å². The number of aromatic nitrogens is 3. The predicted molar refractivity (Wildman–Crippen MR) is 64.7 cm³/mol. The molecule has 17 heavy (non-hydrogen) atoms. The molecule has 0 spiro atoms. The average Bonchev–Trinajstić information content (AvgIpc) is 2.95. The van der Waals surface area contributed by atoms with Gasteiger partial charge in [0.25, 0.3) is 5.91 Å². The van der Waals surface area contributed by atoms with Gasteiger partial charge in [-0.25, -0.2) is 4.98 Å². The van der Waals surface area contributed by atoms with Gasteiger partial charge in [0, 0.05) is 13.1 Å². The Kier molecular flexibility index (Phi) is 3.17. The highest BCUT2D eigenvalue weighted by Gasteiger charge is 2.38. The monoisotopic (exact) mass is 236 g/mol. The number of rotatable bonds is 3. The molecule has 1 saturated heterocycles. The van der Waals surface area contributed by atoms with E-state index in [4.69, 9.17) is 0 Å². The number of amides is 1. The molecule has 0 radical (unpaired) electrons. The molecule has 1 aliphatic heterocycles. The Morgan fingerprint density at radius 1 is 1.47 bits per heavy atom. The van der Waals surface area contributed by atoms with Gasteiger partial charge < -0.3 is 4.90 Å². The summed E-state index contributed by atoms with van der Waals surface area (Å²) >= 11 is 0. The zero-order valence-electron chi connectivity index (χ0n) is 10.8. The normalized spacial score (nSPS) is 18.6. The van der Waals surface area contributed by atoms with Crippen LogP contribution in [0.25, 0.3) is 0 Å². The molecule has 0 unspecified atom stereocenters. The first-order valence-corrected chi connectivity index (χ1v) is 6.28. The maximum Gasteiger partial charge on any atom is 0.293 e. The molecule has 94 valence electrons. The molecule has 1 fully saturated rings. The SMILES string of the molecule is CCC1(CC)CCN(C(=O)c2n[nH]c(C)n2)C1. The van der Waals surface area contributed by atoms with Gasteiger partial charge in [-0.05, 0) is 31.6 Å². The van der Waals surface area contributed by atoms with Crippen molar-refractivity contribution in [1.29, 1.82) is 0 Å². The van der Waals surface area contributed by atoms with E-state index in [1.807, 2.05) is 4.90 Å². The fraction of sp³-hybridized carbons (Fsp3) is 0.750. The fourth-order valence-corrected chi connectivity index (χ4v) is 2.52. The second-order valence-corrected chi connectivity index (χ2v) is 4.93. The van der Waals surface area contributed by atoms with Crippen molar-refractivity contribution >= 4 is 5.91 Å². The molecule has 0 saturated carbocycles. The number of hydrogen-bond donors (Lipinski definition) is 1. The molecule has 0 bridgehead atoms. The summed E-state index contributed by atoms with van der Waals surface area (Å²) in [6.07, 6.45) is 3.34. The van der Waals surface area contributed by atoms with E-state index < -0.39 is 0 Å². The van der Waals surface area contributed by atoms with E-state index in [0.29, 0.717) is 17.1 Å². The molecule has 1 aromatic heterocycles. The molecule has 1 N–H and O–H groups in total. The van der Waals surface area contributed by atoms with E-state index in [0.717, 1.165) is 32.4 Å². The molecule has 0 aliphatic carbocycles. The summed E-state index contributed by atoms with van der Waals surface area (Å²) in [5.74, 6) is 0.938. The second-order valence-electron chi connectivity index (χ2n) is 4.93. The third kappa shape index (κ3) is 2.18. The summed E-state index contributed by atoms with van der Waals surface area (Å²) in [4.78, 5) is 18.1. The van der Waals surface area contributed by atoms with Crippen molar-refractivity contribution < 1.29 is 4.79 Å². The highest BCUT2D eigenvalue weighted by molar-refractivity contribution is 5.90. The van der Waals surface area contributed by atoms with Crippen LogP contribution in [0, 0.1) is 12.3 Å². The van der Waals surface area contributed by atoms with Gasteiger partial charge in [-0.2, -0.15) is 0 Å². The minimum atomic E-state index is -0.0434. The topological polar surface area (TPSA) is 61.9 Å². The standard InChI is InChI=1S/C12H20N4O/c1-4-12(5-2)6-7-16(8-12)11(17)10-13-9(3)14-15-10/h4-8H2,1-3H3,(H,13,14,15). The molecule has 1 aliphatic rings. The van der Waals surface area contributed by atoms with Crippen LogP contribution in [0.3, 0.4) is 0 Å². The summed E-state index contributed by atoms with van der Waals surface area (Å²) in [5.41, 5.74) is 0.307. The lowest BCUT2D eigenvalue weighted by Crippen LogP contribution is -2.32. The Morgan fingerprint density at radius 2 is 2.18 bits per heavy atom. The summed E-state index contributed by atoms with van der Waals surface area (Å²) < 4.78 is 0. The van der Waals surface area contributed by atoms with Crippen LogP contribution < -0.4 is 0 Å². The molecule has 1 amide bonds. The van der Waals surface area contributed by atoms with Gasteiger partial charge in [0.1, 0.15) is 5.82 Å². The molecule has 2 rings (SSSR count). The number of aromatic amines is 1. The van der Waals surface area contributed by atoms with Crippen LogP contribution in [0.5, 0.6) is 0 Å². The van der Waals surface area contributed by atoms with Gasteiger partial charge in [0.05, 0.1) is 0 Å². The fourth-order valence-electron chi connectivity index (χ4n) is 2.52. The maximum atomic E-state index is 12.2. The Hall–Kier alpha value is -1.39. The van der Waals surface area contributed by atoms with E-state index in [2.05, 4.69) is 29.0 Å². The van der Waals surface area contributed by atoms with E-state index >= 15 is 0 Å². The smallest absolute Gasteiger partial charge is 0.293 e. The average molecular weight is 236 g/mol. The molecular weight excluding hydrogens is 216 g/mol. The van der Waals surface area contributed by atoms with Crippen molar-refractivity contribution in [2.75, 3.05) is 13.1 Å². The number of likely N-dealkylation sites (tertiary alicyclic amines) is 1. The molecular formula is C12H20N4O. The minimum absolute atomic E-state index is 0.0434. The predicted octanol–water partition coefficient (Wildman–Crippen LogP) is 1.77. The van der Waals surface area contributed by atoms with Crippen LogP contribution in [0.1, 0.15) is 49.6 Å². The quantitative estimate of drug-likeness (QED) is 0.870. The van der Waals surface area contributed by atoms with E-state index in [9.17, 15) is 4.79 Å². The van der Waals surface area contributed by atoms with E-state index in [1.54, 1.807) is 6.92 Å². The van der Waals surface area contributed by atoms with Crippen LogP contribution in [0.4, 0.5) is 0 Å². The Bertz CT molecular complexity index is 408. The van der Waals surface area contributed by atoms with Crippen molar-refractivity contribution in [3.05, 3.63) is 11.6 Å². The number of hydrogen-bond acceptors (Lipinski definition) is 3. The first-order valence-electron chi connectivity index (χ1n) is 6.28. The summed E-state index contributed by atoms with van der Waals surface area (Å²) in [6, 6.07) is 0. The lowest BCUT2D eigenvalue weighted by atomic mass is 9.82. The Labute approximate surface area is 102 Å². The van der Waals surface area contributed by atoms with Gasteiger partial charge in [0.15, 0.2) is 0 Å². The molecule has 0 aromatic carbocycles. The number of nitrogens with one attached hydrogen (secondary N) is 1. The Morgan fingerprint density at radius 3 is 2.65 bits per heavy atom. The van der Waals surface area contributed by atoms with Gasteiger partial charge >= 0.3 is 0 Å². The number of carbonyl (C=O) groups excluding carboxylic acids is 1. The first kappa shape index (κ1) is 12.1. The van der Waals surface area contributed by atoms with Gasteiger partial charge in [0.2, 0.25) is 5.82 Å². The molecule has 1 aromatic rings. The van der Waals surface area contributed by atoms with Crippen molar-refractivity contribution in [3.8, 4) is 0 Å². The zero-order chi connectivity index (χ0) is 12.5. The van der Waals surface area contributed by atoms with Crippen molar-refractivity contribution in [2.24, 2.45) is 5.41 Å². The lowest BCUT2D eigenvalue weighted by Gasteiger charge is -2.25. The third-order valence-corrected chi connectivity index (χ3v) is 4.01. The molecule has 5 nitrogen and oxygen atoms in total. The van der Waals surface area contributed by atoms with Crippen molar-refractivity contribution in [2.45, 2.75) is 40.0 Å². The van der Waals surface area contributed by atoms with Gasteiger partial charge in [-0.15, -0.1) is 5.10 Å². The largest absolute Gasteiger partial charge is 0.335 e. The zero-order valence-corrected chi connectivity index (χ0v) is 10.8. The minimum Gasteiger partial charge on any atom is -0.335 e. The maximum absolute atomic E-state index is 12.2. The second kappa shape index (κ2) is 4.47. The summed E-state index contributed by atoms with van der Waals surface area (Å²) in [6.45, 7) is 7.87. The lowest BCUT2D eigenvalue weighted by molar-refractivity contribution is 0.0758. The number of aryl methyl sites for hydroxylation is 1. The van der Waals surface area contributed by atoms with E-state index in [1.165, 1.54) is 0 Å². The molecule has 0 atom stereocenters. The van der Waals surface area contributed by atoms with E-state index in [-0.39, 0.29) is 5.91 Å². The molecule has 2 heterocycles. The van der Waals surface area contributed by atoms with Crippen LogP contribution >= 0.6 is 0 Å². The number of carbonyl (C=O) groups is 1.